The molecular formula is C40H76O2. The van der Waals surface area contributed by atoms with Crippen molar-refractivity contribution in [3.8, 4) is 0 Å². The maximum absolute atomic E-state index is 10.2. The van der Waals surface area contributed by atoms with Gasteiger partial charge in [-0.3, -0.25) is 0 Å². The van der Waals surface area contributed by atoms with E-state index in [-0.39, 0.29) is 23.0 Å². The van der Waals surface area contributed by atoms with Crippen molar-refractivity contribution < 1.29 is 10.2 Å². The Hall–Kier alpha value is -0.340. The van der Waals surface area contributed by atoms with Gasteiger partial charge < -0.3 is 10.2 Å². The number of hydrogen-bond acceptors (Lipinski definition) is 2. The third kappa shape index (κ3) is 13.3. The van der Waals surface area contributed by atoms with Crippen LogP contribution in [0.15, 0.2) is 11.6 Å². The fourth-order valence-electron chi connectivity index (χ4n) is 9.38. The van der Waals surface area contributed by atoms with Crippen LogP contribution in [0.5, 0.6) is 0 Å². The summed E-state index contributed by atoms with van der Waals surface area (Å²) in [5, 5.41) is 20.3. The Bertz CT molecular complexity index is 766. The standard InChI is InChI=1S/C40H76O2/c1-29(17-13-19-31(3)21-23-37-33(5)25-35(41)27-39(37,7)8)15-11-12-16-30(2)18-14-20-32(4)22-24-38-34(6)26-36(42)28-40(38,9)10/h25,29-32,34-38,41-42H,11-24,26-28H2,1-10H3/t29-,30-,31-,32+,34-,35+,36+,37+,38?/m0/s1. The van der Waals surface area contributed by atoms with Gasteiger partial charge in [-0.25, -0.2) is 0 Å². The van der Waals surface area contributed by atoms with Gasteiger partial charge in [0.1, 0.15) is 0 Å². The summed E-state index contributed by atoms with van der Waals surface area (Å²) < 4.78 is 0. The zero-order valence-corrected chi connectivity index (χ0v) is 30.2. The SMILES string of the molecule is CC1=C[C@@H](O)CC(C)(C)[C@@H]1CC[C@@H](C)CCC[C@@H](C)CCCC[C@H](C)CCC[C@@H](C)CCC1[C@@H](C)C[C@@H](O)CC1(C)C. The predicted octanol–water partition coefficient (Wildman–Crippen LogP) is 11.8. The lowest BCUT2D eigenvalue weighted by Crippen LogP contribution is -2.40. The maximum Gasteiger partial charge on any atom is 0.0728 e. The van der Waals surface area contributed by atoms with Crippen LogP contribution in [0.25, 0.3) is 0 Å². The average Bonchev–Trinajstić information content (AvgIpc) is 2.84. The highest BCUT2D eigenvalue weighted by Crippen LogP contribution is 2.47. The smallest absolute Gasteiger partial charge is 0.0728 e. The van der Waals surface area contributed by atoms with Crippen molar-refractivity contribution in [1.82, 2.24) is 0 Å². The monoisotopic (exact) mass is 589 g/mol. The van der Waals surface area contributed by atoms with Gasteiger partial charge in [0, 0.05) is 0 Å². The van der Waals surface area contributed by atoms with Gasteiger partial charge in [0.2, 0.25) is 0 Å². The van der Waals surface area contributed by atoms with Gasteiger partial charge in [0.15, 0.2) is 0 Å². The molecule has 0 aliphatic heterocycles. The van der Waals surface area contributed by atoms with Crippen molar-refractivity contribution in [1.29, 1.82) is 0 Å². The molecule has 2 nitrogen and oxygen atoms in total. The van der Waals surface area contributed by atoms with Crippen LogP contribution in [0.1, 0.15) is 178 Å². The van der Waals surface area contributed by atoms with Crippen LogP contribution in [-0.4, -0.2) is 22.4 Å². The molecule has 9 atom stereocenters. The molecule has 0 aromatic carbocycles. The molecule has 0 aromatic rings. The summed E-state index contributed by atoms with van der Waals surface area (Å²) in [5.74, 6) is 5.46. The van der Waals surface area contributed by atoms with Crippen LogP contribution in [0.3, 0.4) is 0 Å². The van der Waals surface area contributed by atoms with Gasteiger partial charge in [-0.15, -0.1) is 0 Å². The Balaban J connectivity index is 1.49. The molecule has 2 N–H and O–H groups in total. The second kappa shape index (κ2) is 18.0. The van der Waals surface area contributed by atoms with Gasteiger partial charge >= 0.3 is 0 Å². The Kier molecular flexibility index (Phi) is 16.2. The second-order valence-corrected chi connectivity index (χ2v) is 17.6. The van der Waals surface area contributed by atoms with E-state index < -0.39 is 0 Å². The first-order valence-electron chi connectivity index (χ1n) is 18.6. The van der Waals surface area contributed by atoms with E-state index in [1.54, 1.807) is 0 Å². The van der Waals surface area contributed by atoms with Crippen molar-refractivity contribution in [2.45, 2.75) is 191 Å². The zero-order chi connectivity index (χ0) is 31.5. The molecule has 0 spiro atoms. The van der Waals surface area contributed by atoms with Crippen LogP contribution in [0, 0.1) is 52.3 Å². The quantitative estimate of drug-likeness (QED) is 0.116. The summed E-state index contributed by atoms with van der Waals surface area (Å²) in [7, 11) is 0. The van der Waals surface area contributed by atoms with Crippen molar-refractivity contribution in [3.63, 3.8) is 0 Å². The van der Waals surface area contributed by atoms with Crippen LogP contribution < -0.4 is 0 Å². The van der Waals surface area contributed by atoms with Gasteiger partial charge in [-0.2, -0.15) is 0 Å². The first-order valence-corrected chi connectivity index (χ1v) is 18.6. The lowest BCUT2D eigenvalue weighted by Gasteiger charge is -2.45. The largest absolute Gasteiger partial charge is 0.393 e. The lowest BCUT2D eigenvalue weighted by molar-refractivity contribution is -0.0174. The summed E-state index contributed by atoms with van der Waals surface area (Å²) in [6.07, 6.45) is 24.0. The Morgan fingerprint density at radius 2 is 1.12 bits per heavy atom. The minimum Gasteiger partial charge on any atom is -0.393 e. The van der Waals surface area contributed by atoms with E-state index in [0.717, 1.165) is 48.9 Å². The molecule has 0 heterocycles. The highest BCUT2D eigenvalue weighted by Gasteiger charge is 2.40. The van der Waals surface area contributed by atoms with Crippen LogP contribution >= 0.6 is 0 Å². The number of rotatable bonds is 19. The molecule has 2 aliphatic rings. The molecule has 0 aromatic heterocycles. The van der Waals surface area contributed by atoms with Crippen LogP contribution in [0.4, 0.5) is 0 Å². The van der Waals surface area contributed by atoms with E-state index >= 15 is 0 Å². The second-order valence-electron chi connectivity index (χ2n) is 17.6. The minimum absolute atomic E-state index is 0.0863. The molecule has 248 valence electrons. The van der Waals surface area contributed by atoms with Crippen molar-refractivity contribution >= 4 is 0 Å². The van der Waals surface area contributed by atoms with E-state index in [1.165, 1.54) is 95.5 Å². The number of unbranched alkanes of at least 4 members (excludes halogenated alkanes) is 1. The normalized spacial score (nSPS) is 30.4. The fourth-order valence-corrected chi connectivity index (χ4v) is 9.38. The van der Waals surface area contributed by atoms with Gasteiger partial charge in [0.05, 0.1) is 12.2 Å². The molecule has 42 heavy (non-hydrogen) atoms. The highest BCUT2D eigenvalue weighted by atomic mass is 16.3. The summed E-state index contributed by atoms with van der Waals surface area (Å²) >= 11 is 0. The Morgan fingerprint density at radius 1 is 0.667 bits per heavy atom. The molecule has 0 amide bonds. The molecule has 2 aliphatic carbocycles. The third-order valence-corrected chi connectivity index (χ3v) is 12.1. The van der Waals surface area contributed by atoms with Gasteiger partial charge in [-0.05, 0) is 91.3 Å². The van der Waals surface area contributed by atoms with E-state index in [1.807, 2.05) is 0 Å². The first kappa shape index (κ1) is 37.8. The van der Waals surface area contributed by atoms with Crippen molar-refractivity contribution in [2.75, 3.05) is 0 Å². The topological polar surface area (TPSA) is 40.5 Å². The third-order valence-electron chi connectivity index (χ3n) is 12.1. The van der Waals surface area contributed by atoms with E-state index in [0.29, 0.717) is 11.8 Å². The summed E-state index contributed by atoms with van der Waals surface area (Å²) in [6.45, 7) is 24.0. The first-order chi connectivity index (χ1) is 19.6. The summed E-state index contributed by atoms with van der Waals surface area (Å²) in [6, 6.07) is 0. The molecule has 0 radical (unpaired) electrons. The van der Waals surface area contributed by atoms with Gasteiger partial charge in [-0.1, -0.05) is 151 Å². The number of hydrogen-bond donors (Lipinski definition) is 2. The van der Waals surface area contributed by atoms with E-state index in [9.17, 15) is 10.2 Å². The number of aliphatic hydroxyl groups is 2. The van der Waals surface area contributed by atoms with Crippen LogP contribution in [0.2, 0.25) is 0 Å². The molecule has 2 heteroatoms. The number of aliphatic hydroxyl groups excluding tert-OH is 2. The molecule has 2 rings (SSSR count). The van der Waals surface area contributed by atoms with Crippen molar-refractivity contribution in [2.24, 2.45) is 52.3 Å². The van der Waals surface area contributed by atoms with Crippen LogP contribution in [-0.2, 0) is 0 Å². The Morgan fingerprint density at radius 3 is 1.60 bits per heavy atom. The molecule has 0 bridgehead atoms. The molecule has 1 fully saturated rings. The van der Waals surface area contributed by atoms with Gasteiger partial charge in [0.25, 0.3) is 0 Å². The van der Waals surface area contributed by atoms with E-state index in [2.05, 4.69) is 75.3 Å². The highest BCUT2D eigenvalue weighted by molar-refractivity contribution is 5.15. The predicted molar refractivity (Wildman–Crippen MR) is 185 cm³/mol. The van der Waals surface area contributed by atoms with E-state index in [4.69, 9.17) is 0 Å². The minimum atomic E-state index is -0.247. The molecule has 1 unspecified atom stereocenters. The maximum atomic E-state index is 10.2. The average molecular weight is 589 g/mol. The zero-order valence-electron chi connectivity index (χ0n) is 30.2. The number of allylic oxidation sites excluding steroid dienone is 1. The molecule has 1 saturated carbocycles. The fraction of sp³-hybridized carbons (Fsp3) is 0.950. The summed E-state index contributed by atoms with van der Waals surface area (Å²) in [4.78, 5) is 0. The Labute approximate surface area is 264 Å². The van der Waals surface area contributed by atoms with Crippen molar-refractivity contribution in [3.05, 3.63) is 11.6 Å². The lowest BCUT2D eigenvalue weighted by atomic mass is 9.61. The summed E-state index contributed by atoms with van der Waals surface area (Å²) in [5.41, 5.74) is 1.92. The molecule has 0 saturated heterocycles. The molecular weight excluding hydrogens is 512 g/mol.